The van der Waals surface area contributed by atoms with Crippen LogP contribution in [0.1, 0.15) is 71.6 Å². The van der Waals surface area contributed by atoms with Crippen molar-refractivity contribution in [1.29, 1.82) is 0 Å². The summed E-state index contributed by atoms with van der Waals surface area (Å²) in [5.41, 5.74) is 0.452. The van der Waals surface area contributed by atoms with Gasteiger partial charge in [-0.3, -0.25) is 4.79 Å². The van der Waals surface area contributed by atoms with E-state index in [1.165, 1.54) is 25.7 Å². The van der Waals surface area contributed by atoms with Gasteiger partial charge in [0, 0.05) is 11.8 Å². The number of rotatable bonds is 0. The van der Waals surface area contributed by atoms with Crippen LogP contribution in [0.2, 0.25) is 0 Å². The van der Waals surface area contributed by atoms with E-state index >= 15 is 0 Å². The molecule has 21 heavy (non-hydrogen) atoms. The monoisotopic (exact) mass is 290 g/mol. The first-order valence-electron chi connectivity index (χ1n) is 9.16. The third-order valence-corrected chi connectivity index (χ3v) is 8.35. The second-order valence-corrected chi connectivity index (χ2v) is 9.00. The van der Waals surface area contributed by atoms with Crippen molar-refractivity contribution < 1.29 is 9.90 Å². The Kier molecular flexibility index (Phi) is 3.10. The quantitative estimate of drug-likeness (QED) is 0.733. The van der Waals surface area contributed by atoms with Crippen molar-refractivity contribution in [2.45, 2.75) is 77.7 Å². The normalized spacial score (nSPS) is 56.5. The number of aliphatic hydroxyl groups excluding tert-OH is 1. The van der Waals surface area contributed by atoms with Crippen molar-refractivity contribution in [2.24, 2.45) is 34.5 Å². The van der Waals surface area contributed by atoms with Gasteiger partial charge in [-0.25, -0.2) is 0 Å². The molecule has 0 heterocycles. The molecule has 0 amide bonds. The predicted molar refractivity (Wildman–Crippen MR) is 82.7 cm³/mol. The molecule has 1 N–H and O–H groups in total. The third kappa shape index (κ3) is 1.84. The van der Waals surface area contributed by atoms with E-state index in [0.717, 1.165) is 49.9 Å². The van der Waals surface area contributed by atoms with Gasteiger partial charge in [0.1, 0.15) is 5.78 Å². The average Bonchev–Trinajstić information content (AvgIpc) is 2.76. The molecule has 0 aromatic rings. The van der Waals surface area contributed by atoms with E-state index in [1.54, 1.807) is 0 Å². The second kappa shape index (κ2) is 4.57. The molecule has 0 saturated heterocycles. The van der Waals surface area contributed by atoms with Gasteiger partial charge in [-0.05, 0) is 80.5 Å². The van der Waals surface area contributed by atoms with Gasteiger partial charge >= 0.3 is 0 Å². The maximum absolute atomic E-state index is 12.4. The van der Waals surface area contributed by atoms with E-state index in [9.17, 15) is 9.90 Å². The molecule has 0 bridgehead atoms. The van der Waals surface area contributed by atoms with Crippen LogP contribution in [0, 0.1) is 34.5 Å². The lowest BCUT2D eigenvalue weighted by atomic mass is 9.45. The highest BCUT2D eigenvalue weighted by molar-refractivity contribution is 5.87. The highest BCUT2D eigenvalue weighted by Gasteiger charge is 2.60. The SMILES string of the molecule is C[C@@]12CCC3C(CC[C@@H]4CC(O)CC[C@@]34C)C1CCC2=O. The van der Waals surface area contributed by atoms with Crippen molar-refractivity contribution in [3.8, 4) is 0 Å². The lowest BCUT2D eigenvalue weighted by Crippen LogP contribution is -2.54. The van der Waals surface area contributed by atoms with E-state index in [2.05, 4.69) is 13.8 Å². The highest BCUT2D eigenvalue weighted by Crippen LogP contribution is 2.65. The van der Waals surface area contributed by atoms with Crippen LogP contribution in [0.5, 0.6) is 0 Å². The summed E-state index contributed by atoms with van der Waals surface area (Å²) in [7, 11) is 0. The molecule has 0 aliphatic heterocycles. The van der Waals surface area contributed by atoms with Crippen molar-refractivity contribution in [1.82, 2.24) is 0 Å². The van der Waals surface area contributed by atoms with Crippen molar-refractivity contribution in [3.63, 3.8) is 0 Å². The summed E-state index contributed by atoms with van der Waals surface area (Å²) in [5.74, 6) is 3.54. The molecule has 2 heteroatoms. The lowest BCUT2D eigenvalue weighted by Gasteiger charge is -2.60. The molecule has 7 atom stereocenters. The zero-order chi connectivity index (χ0) is 14.8. The predicted octanol–water partition coefficient (Wildman–Crippen LogP) is 3.96. The van der Waals surface area contributed by atoms with Crippen LogP contribution < -0.4 is 0 Å². The van der Waals surface area contributed by atoms with Gasteiger partial charge in [0.2, 0.25) is 0 Å². The first-order chi connectivity index (χ1) is 9.95. The number of fused-ring (bicyclic) bond motifs is 5. The Morgan fingerprint density at radius 1 is 1.00 bits per heavy atom. The number of ketones is 1. The van der Waals surface area contributed by atoms with E-state index < -0.39 is 0 Å². The molecule has 0 aromatic carbocycles. The van der Waals surface area contributed by atoms with E-state index in [4.69, 9.17) is 0 Å². The summed E-state index contributed by atoms with van der Waals surface area (Å²) >= 11 is 0. The fourth-order valence-electron chi connectivity index (χ4n) is 7.01. The van der Waals surface area contributed by atoms with E-state index in [0.29, 0.717) is 17.1 Å². The smallest absolute Gasteiger partial charge is 0.139 e. The molecular weight excluding hydrogens is 260 g/mol. The first-order valence-corrected chi connectivity index (χ1v) is 9.16. The third-order valence-electron chi connectivity index (χ3n) is 8.35. The number of carbonyl (C=O) groups is 1. The highest BCUT2D eigenvalue weighted by atomic mass is 16.3. The maximum Gasteiger partial charge on any atom is 0.139 e. The Morgan fingerprint density at radius 2 is 1.81 bits per heavy atom. The van der Waals surface area contributed by atoms with Gasteiger partial charge in [0.05, 0.1) is 6.10 Å². The Balaban J connectivity index is 1.64. The van der Waals surface area contributed by atoms with Gasteiger partial charge in [-0.2, -0.15) is 0 Å². The number of aliphatic hydroxyl groups is 1. The Morgan fingerprint density at radius 3 is 2.62 bits per heavy atom. The van der Waals surface area contributed by atoms with Crippen LogP contribution in [0.15, 0.2) is 0 Å². The minimum atomic E-state index is -0.0541. The largest absolute Gasteiger partial charge is 0.393 e. The summed E-state index contributed by atoms with van der Waals surface area (Å²) in [5, 5.41) is 10.0. The second-order valence-electron chi connectivity index (χ2n) is 9.00. The molecule has 4 fully saturated rings. The minimum absolute atomic E-state index is 0.0124. The Labute approximate surface area is 128 Å². The van der Waals surface area contributed by atoms with E-state index in [1.807, 2.05) is 0 Å². The maximum atomic E-state index is 12.4. The molecule has 4 aliphatic carbocycles. The van der Waals surface area contributed by atoms with Crippen LogP contribution in [-0.4, -0.2) is 17.0 Å². The van der Waals surface area contributed by atoms with Crippen LogP contribution >= 0.6 is 0 Å². The van der Waals surface area contributed by atoms with Crippen LogP contribution in [0.3, 0.4) is 0 Å². The van der Waals surface area contributed by atoms with Crippen LogP contribution in [0.4, 0.5) is 0 Å². The fraction of sp³-hybridized carbons (Fsp3) is 0.947. The molecular formula is C19H30O2. The van der Waals surface area contributed by atoms with Crippen molar-refractivity contribution in [3.05, 3.63) is 0 Å². The number of hydrogen-bond donors (Lipinski definition) is 1. The molecule has 118 valence electrons. The molecule has 2 nitrogen and oxygen atoms in total. The summed E-state index contributed by atoms with van der Waals surface area (Å²) < 4.78 is 0. The average molecular weight is 290 g/mol. The van der Waals surface area contributed by atoms with Crippen molar-refractivity contribution >= 4 is 5.78 Å². The minimum Gasteiger partial charge on any atom is -0.393 e. The number of carbonyl (C=O) groups excluding carboxylic acids is 1. The standard InChI is InChI=1S/C19H30O2/c1-18-9-7-13(20)11-12(18)3-4-14-15-5-6-17(21)19(15,2)10-8-16(14)18/h12-16,20H,3-11H2,1-2H3/t12-,13?,14?,15?,16?,18-,19-/m1/s1. The zero-order valence-electron chi connectivity index (χ0n) is 13.6. The van der Waals surface area contributed by atoms with E-state index in [-0.39, 0.29) is 11.5 Å². The Hall–Kier alpha value is -0.370. The van der Waals surface area contributed by atoms with Crippen LogP contribution in [0.25, 0.3) is 0 Å². The lowest BCUT2D eigenvalue weighted by molar-refractivity contribution is -0.142. The van der Waals surface area contributed by atoms with Crippen LogP contribution in [-0.2, 0) is 4.79 Å². The molecule has 0 aromatic heterocycles. The topological polar surface area (TPSA) is 37.3 Å². The number of Topliss-reactive ketones (excluding diaryl/α,β-unsaturated/α-hetero) is 1. The van der Waals surface area contributed by atoms with Gasteiger partial charge in [-0.15, -0.1) is 0 Å². The van der Waals surface area contributed by atoms with Crippen molar-refractivity contribution in [2.75, 3.05) is 0 Å². The molecule has 4 aliphatic rings. The Bertz CT molecular complexity index is 458. The van der Waals surface area contributed by atoms with Gasteiger partial charge in [-0.1, -0.05) is 13.8 Å². The molecule has 4 rings (SSSR count). The molecule has 0 radical (unpaired) electrons. The summed E-state index contributed by atoms with van der Waals surface area (Å²) in [4.78, 5) is 12.4. The van der Waals surface area contributed by atoms with Gasteiger partial charge in [0.15, 0.2) is 0 Å². The molecule has 0 spiro atoms. The summed E-state index contributed by atoms with van der Waals surface area (Å²) in [6.45, 7) is 4.78. The number of hydrogen-bond acceptors (Lipinski definition) is 2. The molecule has 4 unspecified atom stereocenters. The fourth-order valence-corrected chi connectivity index (χ4v) is 7.01. The van der Waals surface area contributed by atoms with Gasteiger partial charge in [0.25, 0.3) is 0 Å². The van der Waals surface area contributed by atoms with Gasteiger partial charge < -0.3 is 5.11 Å². The molecule has 4 saturated carbocycles. The zero-order valence-corrected chi connectivity index (χ0v) is 13.6. The first kappa shape index (κ1) is 14.2. The summed E-state index contributed by atoms with van der Waals surface area (Å²) in [6, 6.07) is 0. The summed E-state index contributed by atoms with van der Waals surface area (Å²) in [6.07, 6.45) is 10.1.